The first-order chi connectivity index (χ1) is 15.3. The maximum absolute atomic E-state index is 13.4. The summed E-state index contributed by atoms with van der Waals surface area (Å²) in [6, 6.07) is 19.0. The number of rotatable bonds is 9. The quantitative estimate of drug-likeness (QED) is 0.625. The Morgan fingerprint density at radius 2 is 1.56 bits per heavy atom. The molecule has 0 bridgehead atoms. The van der Waals surface area contributed by atoms with Gasteiger partial charge in [0.15, 0.2) is 15.1 Å². The fraction of sp³-hybridized carbons (Fsp3) is 0.480. The van der Waals surface area contributed by atoms with Gasteiger partial charge >= 0.3 is 0 Å². The molecule has 1 saturated heterocycles. The Labute approximate surface area is 192 Å². The summed E-state index contributed by atoms with van der Waals surface area (Å²) in [6.45, 7) is 5.10. The van der Waals surface area contributed by atoms with Gasteiger partial charge in [0, 0.05) is 38.0 Å². The molecule has 7 heteroatoms. The van der Waals surface area contributed by atoms with Crippen molar-refractivity contribution >= 4 is 15.7 Å². The predicted molar refractivity (Wildman–Crippen MR) is 129 cm³/mol. The lowest BCUT2D eigenvalue weighted by Gasteiger charge is -2.39. The number of sulfone groups is 1. The Morgan fingerprint density at radius 1 is 1.03 bits per heavy atom. The summed E-state index contributed by atoms with van der Waals surface area (Å²) in [5, 5.41) is -1.15. The van der Waals surface area contributed by atoms with Gasteiger partial charge in [0.1, 0.15) is 0 Å². The third-order valence-electron chi connectivity index (χ3n) is 6.36. The zero-order valence-electron chi connectivity index (χ0n) is 19.1. The van der Waals surface area contributed by atoms with Crippen LogP contribution in [0, 0.1) is 0 Å². The topological polar surface area (TPSA) is 83.7 Å². The van der Waals surface area contributed by atoms with Crippen molar-refractivity contribution in [3.63, 3.8) is 0 Å². The van der Waals surface area contributed by atoms with Crippen LogP contribution in [0.5, 0.6) is 0 Å². The van der Waals surface area contributed by atoms with E-state index in [4.69, 9.17) is 5.73 Å². The number of likely N-dealkylation sites (tertiary alicyclic amines) is 1. The molecule has 2 atom stereocenters. The molecule has 2 aromatic rings. The SMILES string of the molecule is CCN(C(=O)[C@H](c1ccccc1)S(C)(=O)=O)C1CCN(CCC(N)c2ccccc2)CC1. The Balaban J connectivity index is 1.60. The Kier molecular flexibility index (Phi) is 8.45. The molecule has 0 radical (unpaired) electrons. The van der Waals surface area contributed by atoms with Crippen LogP contribution in [0.15, 0.2) is 60.7 Å². The minimum absolute atomic E-state index is 0.0176. The molecule has 6 nitrogen and oxygen atoms in total. The maximum atomic E-state index is 13.4. The monoisotopic (exact) mass is 457 g/mol. The lowest BCUT2D eigenvalue weighted by Crippen LogP contribution is -2.49. The first-order valence-electron chi connectivity index (χ1n) is 11.4. The highest BCUT2D eigenvalue weighted by atomic mass is 32.2. The molecule has 3 rings (SSSR count). The van der Waals surface area contributed by atoms with Crippen LogP contribution in [-0.4, -0.2) is 62.6 Å². The summed E-state index contributed by atoms with van der Waals surface area (Å²) in [5.41, 5.74) is 8.03. The number of carbonyl (C=O) groups is 1. The summed E-state index contributed by atoms with van der Waals surface area (Å²) >= 11 is 0. The molecule has 0 saturated carbocycles. The van der Waals surface area contributed by atoms with E-state index < -0.39 is 15.1 Å². The van der Waals surface area contributed by atoms with E-state index in [1.807, 2.05) is 31.2 Å². The van der Waals surface area contributed by atoms with Crippen molar-refractivity contribution in [2.24, 2.45) is 5.73 Å². The van der Waals surface area contributed by atoms with Crippen molar-refractivity contribution in [1.29, 1.82) is 0 Å². The number of amides is 1. The van der Waals surface area contributed by atoms with Crippen molar-refractivity contribution < 1.29 is 13.2 Å². The number of hydrogen-bond acceptors (Lipinski definition) is 5. The van der Waals surface area contributed by atoms with Crippen LogP contribution < -0.4 is 5.73 Å². The van der Waals surface area contributed by atoms with Crippen LogP contribution in [0.4, 0.5) is 0 Å². The maximum Gasteiger partial charge on any atom is 0.245 e. The third-order valence-corrected chi connectivity index (χ3v) is 7.69. The summed E-state index contributed by atoms with van der Waals surface area (Å²) < 4.78 is 25.1. The van der Waals surface area contributed by atoms with Crippen LogP contribution in [0.25, 0.3) is 0 Å². The number of piperidine rings is 1. The van der Waals surface area contributed by atoms with Crippen LogP contribution in [0.2, 0.25) is 0 Å². The summed E-state index contributed by atoms with van der Waals surface area (Å²) in [7, 11) is -3.58. The van der Waals surface area contributed by atoms with Crippen LogP contribution in [0.3, 0.4) is 0 Å². The fourth-order valence-corrected chi connectivity index (χ4v) is 5.74. The van der Waals surface area contributed by atoms with Gasteiger partial charge in [0.2, 0.25) is 5.91 Å². The van der Waals surface area contributed by atoms with Crippen molar-refractivity contribution in [2.75, 3.05) is 32.4 Å². The number of nitrogens with two attached hydrogens (primary N) is 1. The molecule has 0 spiro atoms. The van der Waals surface area contributed by atoms with Gasteiger partial charge in [-0.15, -0.1) is 0 Å². The molecule has 1 aliphatic rings. The Morgan fingerprint density at radius 3 is 2.06 bits per heavy atom. The third kappa shape index (κ3) is 6.18. The lowest BCUT2D eigenvalue weighted by molar-refractivity contribution is -0.134. The summed E-state index contributed by atoms with van der Waals surface area (Å²) in [6.07, 6.45) is 3.71. The van der Waals surface area contributed by atoms with Gasteiger partial charge in [-0.25, -0.2) is 8.42 Å². The molecule has 1 amide bonds. The number of carbonyl (C=O) groups excluding carboxylic acids is 1. The second-order valence-corrected chi connectivity index (χ2v) is 10.8. The van der Waals surface area contributed by atoms with E-state index in [1.165, 1.54) is 0 Å². The predicted octanol–water partition coefficient (Wildman–Crippen LogP) is 3.18. The van der Waals surface area contributed by atoms with Crippen molar-refractivity contribution in [3.8, 4) is 0 Å². The molecule has 1 aliphatic heterocycles. The zero-order valence-corrected chi connectivity index (χ0v) is 19.9. The van der Waals surface area contributed by atoms with Gasteiger partial charge in [0.25, 0.3) is 0 Å². The van der Waals surface area contributed by atoms with Gasteiger partial charge in [-0.3, -0.25) is 4.79 Å². The number of likely N-dealkylation sites (N-methyl/N-ethyl adjacent to an activating group) is 1. The standard InChI is InChI=1S/C25H35N3O3S/c1-3-28(25(29)24(32(2,30)31)21-12-8-5-9-13-21)22-14-17-27(18-15-22)19-16-23(26)20-10-6-4-7-11-20/h4-13,22-24H,3,14-19,26H2,1-2H3/t23?,24-/m0/s1. The zero-order chi connectivity index (χ0) is 23.1. The molecular formula is C25H35N3O3S. The molecule has 2 aromatic carbocycles. The highest BCUT2D eigenvalue weighted by molar-refractivity contribution is 7.91. The molecule has 32 heavy (non-hydrogen) atoms. The molecule has 1 heterocycles. The van der Waals surface area contributed by atoms with Crippen LogP contribution >= 0.6 is 0 Å². The van der Waals surface area contributed by atoms with E-state index in [1.54, 1.807) is 29.2 Å². The van der Waals surface area contributed by atoms with E-state index in [0.717, 1.165) is 50.7 Å². The highest BCUT2D eigenvalue weighted by Gasteiger charge is 2.37. The van der Waals surface area contributed by atoms with Gasteiger partial charge in [-0.2, -0.15) is 0 Å². The molecule has 0 aromatic heterocycles. The largest absolute Gasteiger partial charge is 0.338 e. The molecule has 1 fully saturated rings. The van der Waals surface area contributed by atoms with Gasteiger partial charge < -0.3 is 15.5 Å². The Hall–Kier alpha value is -2.22. The average molecular weight is 458 g/mol. The highest BCUT2D eigenvalue weighted by Crippen LogP contribution is 2.27. The second-order valence-electron chi connectivity index (χ2n) is 8.62. The molecule has 2 N–H and O–H groups in total. The Bertz CT molecular complexity index is 958. The molecule has 174 valence electrons. The smallest absolute Gasteiger partial charge is 0.245 e. The second kappa shape index (κ2) is 11.1. The van der Waals surface area contributed by atoms with Crippen LogP contribution in [-0.2, 0) is 14.6 Å². The normalized spacial score (nSPS) is 17.6. The van der Waals surface area contributed by atoms with Crippen LogP contribution in [0.1, 0.15) is 48.6 Å². The van der Waals surface area contributed by atoms with Gasteiger partial charge in [-0.1, -0.05) is 60.7 Å². The summed E-state index contributed by atoms with van der Waals surface area (Å²) in [4.78, 5) is 17.6. The van der Waals surface area contributed by atoms with E-state index in [2.05, 4.69) is 17.0 Å². The molecule has 1 unspecified atom stereocenters. The number of nitrogens with zero attached hydrogens (tertiary/aromatic N) is 2. The fourth-order valence-electron chi connectivity index (χ4n) is 4.59. The van der Waals surface area contributed by atoms with Crippen molar-refractivity contribution in [3.05, 3.63) is 71.8 Å². The van der Waals surface area contributed by atoms with E-state index in [9.17, 15) is 13.2 Å². The summed E-state index contributed by atoms with van der Waals surface area (Å²) in [5.74, 6) is -0.314. The lowest BCUT2D eigenvalue weighted by atomic mass is 10.00. The van der Waals surface area contributed by atoms with E-state index in [-0.39, 0.29) is 18.0 Å². The van der Waals surface area contributed by atoms with Crippen molar-refractivity contribution in [1.82, 2.24) is 9.80 Å². The average Bonchev–Trinajstić information content (AvgIpc) is 2.79. The number of hydrogen-bond donors (Lipinski definition) is 1. The van der Waals surface area contributed by atoms with E-state index in [0.29, 0.717) is 12.1 Å². The first kappa shape index (κ1) is 24.4. The van der Waals surface area contributed by atoms with E-state index >= 15 is 0 Å². The van der Waals surface area contributed by atoms with Crippen molar-refractivity contribution in [2.45, 2.75) is 43.5 Å². The van der Waals surface area contributed by atoms with Gasteiger partial charge in [-0.05, 0) is 43.9 Å². The first-order valence-corrected chi connectivity index (χ1v) is 13.3. The minimum atomic E-state index is -3.58. The minimum Gasteiger partial charge on any atom is -0.338 e. The molecular weight excluding hydrogens is 422 g/mol. The molecule has 0 aliphatic carbocycles. The number of benzene rings is 2. The van der Waals surface area contributed by atoms with Gasteiger partial charge in [0.05, 0.1) is 0 Å².